The summed E-state index contributed by atoms with van der Waals surface area (Å²) in [4.78, 5) is 16.8. The van der Waals surface area contributed by atoms with E-state index in [2.05, 4.69) is 40.6 Å². The number of allylic oxidation sites excluding steroid dienone is 1. The lowest BCUT2D eigenvalue weighted by Gasteiger charge is -2.30. The normalized spacial score (nSPS) is 21.4. The van der Waals surface area contributed by atoms with Crippen molar-refractivity contribution < 1.29 is 9.90 Å². The Morgan fingerprint density at radius 2 is 1.67 bits per heavy atom. The predicted molar refractivity (Wildman–Crippen MR) is 122 cm³/mol. The summed E-state index contributed by atoms with van der Waals surface area (Å²) in [5.74, 6) is 0. The number of urea groups is 1. The smallest absolute Gasteiger partial charge is 0.321 e. The Labute approximate surface area is 182 Å². The van der Waals surface area contributed by atoms with Gasteiger partial charge in [0.2, 0.25) is 0 Å². The van der Waals surface area contributed by atoms with E-state index >= 15 is 0 Å². The van der Waals surface area contributed by atoms with Crippen LogP contribution in [0.3, 0.4) is 0 Å². The van der Waals surface area contributed by atoms with Crippen LogP contribution in [0.4, 0.5) is 4.79 Å². The van der Waals surface area contributed by atoms with Gasteiger partial charge in [-0.2, -0.15) is 0 Å². The van der Waals surface area contributed by atoms with E-state index in [4.69, 9.17) is 0 Å². The topological polar surface area (TPSA) is 55.8 Å². The summed E-state index contributed by atoms with van der Waals surface area (Å²) in [5.41, 5.74) is 2.76. The molecule has 2 amide bonds. The molecule has 0 spiro atoms. The van der Waals surface area contributed by atoms with Crippen LogP contribution in [0.5, 0.6) is 0 Å². The third-order valence-corrected chi connectivity index (χ3v) is 6.23. The molecule has 3 rings (SSSR count). The van der Waals surface area contributed by atoms with Gasteiger partial charge >= 0.3 is 6.03 Å². The molecule has 2 aliphatic rings. The van der Waals surface area contributed by atoms with Gasteiger partial charge in [0.15, 0.2) is 0 Å². The SMILES string of the molecule is O=C(NCC(O)CN1CCc2ccccc2C1)N1/C=C\CCCCCCCCCC1. The second-order valence-electron chi connectivity index (χ2n) is 8.79. The first-order valence-corrected chi connectivity index (χ1v) is 11.9. The van der Waals surface area contributed by atoms with Crippen molar-refractivity contribution >= 4 is 6.03 Å². The van der Waals surface area contributed by atoms with Crippen LogP contribution in [-0.4, -0.2) is 53.2 Å². The van der Waals surface area contributed by atoms with E-state index < -0.39 is 6.10 Å². The zero-order valence-corrected chi connectivity index (χ0v) is 18.4. The van der Waals surface area contributed by atoms with Gasteiger partial charge in [-0.05, 0) is 36.8 Å². The van der Waals surface area contributed by atoms with Crippen LogP contribution in [0.1, 0.15) is 68.9 Å². The molecule has 0 saturated carbocycles. The monoisotopic (exact) mass is 413 g/mol. The number of aliphatic hydroxyl groups is 1. The van der Waals surface area contributed by atoms with E-state index in [1.54, 1.807) is 4.90 Å². The summed E-state index contributed by atoms with van der Waals surface area (Å²) in [6.07, 6.45) is 15.5. The maximum absolute atomic E-state index is 12.7. The highest BCUT2D eigenvalue weighted by Gasteiger charge is 2.19. The Balaban J connectivity index is 1.42. The molecule has 5 nitrogen and oxygen atoms in total. The zero-order chi connectivity index (χ0) is 21.0. The lowest BCUT2D eigenvalue weighted by atomic mass is 10.00. The highest BCUT2D eigenvalue weighted by atomic mass is 16.3. The number of nitrogens with zero attached hydrogens (tertiary/aromatic N) is 2. The maximum Gasteiger partial charge on any atom is 0.321 e. The number of fused-ring (bicyclic) bond motifs is 1. The number of nitrogens with one attached hydrogen (secondary N) is 1. The predicted octanol–water partition coefficient (Wildman–Crippen LogP) is 4.46. The van der Waals surface area contributed by atoms with Crippen molar-refractivity contribution in [3.05, 3.63) is 47.7 Å². The number of hydrogen-bond acceptors (Lipinski definition) is 3. The fraction of sp³-hybridized carbons (Fsp3) is 0.640. The van der Waals surface area contributed by atoms with Gasteiger partial charge in [-0.25, -0.2) is 4.79 Å². The van der Waals surface area contributed by atoms with E-state index in [0.29, 0.717) is 13.1 Å². The van der Waals surface area contributed by atoms with Gasteiger partial charge < -0.3 is 15.3 Å². The largest absolute Gasteiger partial charge is 0.390 e. The molecule has 0 bridgehead atoms. The van der Waals surface area contributed by atoms with Crippen LogP contribution in [0, 0.1) is 0 Å². The summed E-state index contributed by atoms with van der Waals surface area (Å²) < 4.78 is 0. The number of β-amino-alcohol motifs (C(OH)–C–C–N with tert-alkyl or cyclic N) is 1. The fourth-order valence-corrected chi connectivity index (χ4v) is 4.43. The molecular formula is C25H39N3O2. The van der Waals surface area contributed by atoms with Crippen LogP contribution in [0.25, 0.3) is 0 Å². The van der Waals surface area contributed by atoms with Crippen LogP contribution >= 0.6 is 0 Å². The lowest BCUT2D eigenvalue weighted by molar-refractivity contribution is 0.104. The third kappa shape index (κ3) is 7.77. The molecule has 0 radical (unpaired) electrons. The summed E-state index contributed by atoms with van der Waals surface area (Å²) in [5, 5.41) is 13.4. The van der Waals surface area contributed by atoms with Crippen molar-refractivity contribution in [3.63, 3.8) is 0 Å². The van der Waals surface area contributed by atoms with E-state index in [1.165, 1.54) is 56.1 Å². The van der Waals surface area contributed by atoms with Crippen molar-refractivity contribution in [1.29, 1.82) is 0 Å². The first-order valence-electron chi connectivity index (χ1n) is 11.9. The number of benzene rings is 1. The van der Waals surface area contributed by atoms with Crippen molar-refractivity contribution in [1.82, 2.24) is 15.1 Å². The quantitative estimate of drug-likeness (QED) is 0.766. The van der Waals surface area contributed by atoms with Gasteiger partial charge in [0.1, 0.15) is 0 Å². The highest BCUT2D eigenvalue weighted by molar-refractivity contribution is 5.75. The molecule has 1 aromatic rings. The average molecular weight is 414 g/mol. The molecule has 1 atom stereocenters. The first-order chi connectivity index (χ1) is 14.7. The van der Waals surface area contributed by atoms with Crippen LogP contribution in [-0.2, 0) is 13.0 Å². The molecule has 166 valence electrons. The number of hydrogen-bond donors (Lipinski definition) is 2. The minimum absolute atomic E-state index is 0.0934. The summed E-state index contributed by atoms with van der Waals surface area (Å²) >= 11 is 0. The molecule has 2 aliphatic heterocycles. The molecule has 2 heterocycles. The molecule has 2 N–H and O–H groups in total. The Morgan fingerprint density at radius 1 is 0.967 bits per heavy atom. The van der Waals surface area contributed by atoms with Gasteiger partial charge in [-0.15, -0.1) is 0 Å². The number of aliphatic hydroxyl groups excluding tert-OH is 1. The third-order valence-electron chi connectivity index (χ3n) is 6.23. The Hall–Kier alpha value is -1.85. The summed E-state index contributed by atoms with van der Waals surface area (Å²) in [6.45, 7) is 3.46. The molecule has 0 fully saturated rings. The number of carbonyl (C=O) groups excluding carboxylic acids is 1. The minimum atomic E-state index is -0.556. The summed E-state index contributed by atoms with van der Waals surface area (Å²) in [7, 11) is 0. The van der Waals surface area contributed by atoms with Gasteiger partial charge in [0.05, 0.1) is 6.10 Å². The second kappa shape index (κ2) is 12.8. The Kier molecular flexibility index (Phi) is 9.71. The van der Waals surface area contributed by atoms with Gasteiger partial charge in [0, 0.05) is 38.9 Å². The molecule has 30 heavy (non-hydrogen) atoms. The Bertz CT molecular complexity index is 676. The van der Waals surface area contributed by atoms with Gasteiger partial charge in [0.25, 0.3) is 0 Å². The highest BCUT2D eigenvalue weighted by Crippen LogP contribution is 2.18. The van der Waals surface area contributed by atoms with Crippen LogP contribution in [0.15, 0.2) is 36.5 Å². The van der Waals surface area contributed by atoms with Crippen molar-refractivity contribution in [2.45, 2.75) is 76.9 Å². The minimum Gasteiger partial charge on any atom is -0.390 e. The number of amides is 2. The molecule has 0 aromatic heterocycles. The fourth-order valence-electron chi connectivity index (χ4n) is 4.43. The molecule has 0 saturated heterocycles. The molecule has 5 heteroatoms. The Morgan fingerprint density at radius 3 is 2.47 bits per heavy atom. The van der Waals surface area contributed by atoms with Gasteiger partial charge in [-0.1, -0.05) is 68.9 Å². The lowest BCUT2D eigenvalue weighted by Crippen LogP contribution is -2.45. The van der Waals surface area contributed by atoms with E-state index in [1.807, 2.05) is 6.20 Å². The zero-order valence-electron chi connectivity index (χ0n) is 18.4. The summed E-state index contributed by atoms with van der Waals surface area (Å²) in [6, 6.07) is 8.43. The molecule has 0 aliphatic carbocycles. The van der Waals surface area contributed by atoms with Gasteiger partial charge in [-0.3, -0.25) is 4.90 Å². The molecular weight excluding hydrogens is 374 g/mol. The van der Waals surface area contributed by atoms with E-state index in [-0.39, 0.29) is 6.03 Å². The first kappa shape index (κ1) is 22.8. The standard InChI is InChI=1S/C25H39N3O2/c29-24(21-27-18-15-22-13-9-10-14-23(22)20-27)19-26-25(30)28-16-11-7-5-3-1-2-4-6-8-12-17-28/h9-11,13-14,16,24,29H,1-8,12,15,17-21H2,(H,26,30)/b16-11-. The van der Waals surface area contributed by atoms with Crippen LogP contribution in [0.2, 0.25) is 0 Å². The number of rotatable bonds is 4. The van der Waals surface area contributed by atoms with Crippen molar-refractivity contribution in [2.24, 2.45) is 0 Å². The van der Waals surface area contributed by atoms with Crippen LogP contribution < -0.4 is 5.32 Å². The molecule has 1 unspecified atom stereocenters. The average Bonchev–Trinajstić information content (AvgIpc) is 2.79. The van der Waals surface area contributed by atoms with E-state index in [0.717, 1.165) is 38.9 Å². The second-order valence-corrected chi connectivity index (χ2v) is 8.79. The van der Waals surface area contributed by atoms with Crippen molar-refractivity contribution in [3.8, 4) is 0 Å². The van der Waals surface area contributed by atoms with Crippen molar-refractivity contribution in [2.75, 3.05) is 26.2 Å². The maximum atomic E-state index is 12.7. The molecule has 1 aromatic carbocycles. The van der Waals surface area contributed by atoms with E-state index in [9.17, 15) is 9.90 Å². The number of carbonyl (C=O) groups is 1.